The summed E-state index contributed by atoms with van der Waals surface area (Å²) in [6.45, 7) is 5.08. The molecule has 0 bridgehead atoms. The van der Waals surface area contributed by atoms with E-state index in [2.05, 4.69) is 53.3 Å². The summed E-state index contributed by atoms with van der Waals surface area (Å²) in [6, 6.07) is 12.7. The number of anilines is 2. The fourth-order valence-electron chi connectivity index (χ4n) is 3.32. The molecule has 0 saturated heterocycles. The Morgan fingerprint density at radius 3 is 2.96 bits per heavy atom. The number of benzene rings is 1. The molecule has 0 fully saturated rings. The highest BCUT2D eigenvalue weighted by Gasteiger charge is 2.27. The predicted octanol–water partition coefficient (Wildman–Crippen LogP) is 4.08. The molecule has 24 heavy (non-hydrogen) atoms. The van der Waals surface area contributed by atoms with Crippen molar-refractivity contribution in [3.63, 3.8) is 0 Å². The Bertz CT molecular complexity index is 714. The van der Waals surface area contributed by atoms with Gasteiger partial charge in [-0.05, 0) is 43.5 Å². The summed E-state index contributed by atoms with van der Waals surface area (Å²) in [5.74, 6) is -0.0897. The van der Waals surface area contributed by atoms with Gasteiger partial charge in [-0.1, -0.05) is 38.0 Å². The van der Waals surface area contributed by atoms with Gasteiger partial charge in [-0.15, -0.1) is 0 Å². The minimum Gasteiger partial charge on any atom is -0.351 e. The molecule has 1 aliphatic heterocycles. The Balaban J connectivity index is 1.77. The molecule has 1 unspecified atom stereocenters. The minimum atomic E-state index is -0.0897. The summed E-state index contributed by atoms with van der Waals surface area (Å²) in [6.07, 6.45) is 6.05. The lowest BCUT2D eigenvalue weighted by Crippen LogP contribution is -2.27. The first-order valence-corrected chi connectivity index (χ1v) is 8.82. The normalized spacial score (nSPS) is 16.1. The van der Waals surface area contributed by atoms with Crippen LogP contribution in [0.1, 0.15) is 49.2 Å². The summed E-state index contributed by atoms with van der Waals surface area (Å²) in [7, 11) is 0. The van der Waals surface area contributed by atoms with Gasteiger partial charge in [0, 0.05) is 30.2 Å². The lowest BCUT2D eigenvalue weighted by molar-refractivity contribution is 0.0948. The second-order valence-corrected chi connectivity index (χ2v) is 6.41. The molecule has 3 rings (SSSR count). The monoisotopic (exact) mass is 323 g/mol. The van der Waals surface area contributed by atoms with E-state index in [9.17, 15) is 4.79 Å². The second kappa shape index (κ2) is 7.47. The highest BCUT2D eigenvalue weighted by atomic mass is 16.1. The summed E-state index contributed by atoms with van der Waals surface area (Å²) in [5, 5.41) is 2.96. The molecule has 0 spiro atoms. The average Bonchev–Trinajstić information content (AvgIpc) is 2.94. The maximum absolute atomic E-state index is 12.3. The molecule has 1 amide bonds. The van der Waals surface area contributed by atoms with Gasteiger partial charge in [-0.25, -0.2) is 0 Å². The van der Waals surface area contributed by atoms with Crippen LogP contribution in [0.25, 0.3) is 0 Å². The molecule has 126 valence electrons. The SMILES string of the molecule is CCCCCNC(=O)c1cc(N2c3ccccc3CC2C)ccn1. The molecule has 2 heterocycles. The summed E-state index contributed by atoms with van der Waals surface area (Å²) in [4.78, 5) is 18.9. The zero-order valence-corrected chi connectivity index (χ0v) is 14.5. The Hall–Kier alpha value is -2.36. The first kappa shape index (κ1) is 16.5. The van der Waals surface area contributed by atoms with Gasteiger partial charge >= 0.3 is 0 Å². The maximum atomic E-state index is 12.3. The molecule has 0 radical (unpaired) electrons. The van der Waals surface area contributed by atoms with Crippen molar-refractivity contribution in [3.8, 4) is 0 Å². The maximum Gasteiger partial charge on any atom is 0.269 e. The number of unbranched alkanes of at least 4 members (excludes halogenated alkanes) is 2. The molecule has 2 aromatic rings. The van der Waals surface area contributed by atoms with Crippen LogP contribution < -0.4 is 10.2 Å². The number of amides is 1. The van der Waals surface area contributed by atoms with E-state index >= 15 is 0 Å². The molecule has 1 aromatic carbocycles. The number of para-hydroxylation sites is 1. The lowest BCUT2D eigenvalue weighted by Gasteiger charge is -2.25. The number of pyridine rings is 1. The lowest BCUT2D eigenvalue weighted by atomic mass is 10.1. The van der Waals surface area contributed by atoms with Gasteiger partial charge in [0.05, 0.1) is 0 Å². The smallest absolute Gasteiger partial charge is 0.269 e. The quantitative estimate of drug-likeness (QED) is 0.815. The van der Waals surface area contributed by atoms with Gasteiger partial charge in [0.2, 0.25) is 0 Å². The Kier molecular flexibility index (Phi) is 5.14. The Morgan fingerprint density at radius 2 is 2.12 bits per heavy atom. The van der Waals surface area contributed by atoms with E-state index in [-0.39, 0.29) is 5.91 Å². The Labute approximate surface area is 143 Å². The molecule has 4 heteroatoms. The zero-order chi connectivity index (χ0) is 16.9. The van der Waals surface area contributed by atoms with E-state index < -0.39 is 0 Å². The third kappa shape index (κ3) is 3.42. The fraction of sp³-hybridized carbons (Fsp3) is 0.400. The van der Waals surface area contributed by atoms with Crippen LogP contribution in [0.5, 0.6) is 0 Å². The summed E-state index contributed by atoms with van der Waals surface area (Å²) >= 11 is 0. The van der Waals surface area contributed by atoms with Crippen molar-refractivity contribution in [2.45, 2.75) is 45.6 Å². The number of hydrogen-bond donors (Lipinski definition) is 1. The van der Waals surface area contributed by atoms with Gasteiger partial charge in [0.15, 0.2) is 0 Å². The van der Waals surface area contributed by atoms with Crippen molar-refractivity contribution in [1.29, 1.82) is 0 Å². The van der Waals surface area contributed by atoms with E-state index in [1.807, 2.05) is 12.1 Å². The molecule has 0 saturated carbocycles. The van der Waals surface area contributed by atoms with Crippen molar-refractivity contribution in [2.75, 3.05) is 11.4 Å². The van der Waals surface area contributed by atoms with Gasteiger partial charge < -0.3 is 10.2 Å². The predicted molar refractivity (Wildman–Crippen MR) is 97.8 cm³/mol. The van der Waals surface area contributed by atoms with Crippen LogP contribution in [-0.2, 0) is 6.42 Å². The van der Waals surface area contributed by atoms with Crippen LogP contribution in [0.2, 0.25) is 0 Å². The number of rotatable bonds is 6. The number of carbonyl (C=O) groups is 1. The number of fused-ring (bicyclic) bond motifs is 1. The largest absolute Gasteiger partial charge is 0.351 e. The van der Waals surface area contributed by atoms with E-state index in [0.717, 1.165) is 31.4 Å². The number of hydrogen-bond acceptors (Lipinski definition) is 3. The van der Waals surface area contributed by atoms with Crippen LogP contribution in [0.4, 0.5) is 11.4 Å². The minimum absolute atomic E-state index is 0.0897. The first-order valence-electron chi connectivity index (χ1n) is 8.82. The molecule has 1 aromatic heterocycles. The second-order valence-electron chi connectivity index (χ2n) is 6.41. The van der Waals surface area contributed by atoms with E-state index in [1.54, 1.807) is 6.20 Å². The third-order valence-corrected chi connectivity index (χ3v) is 4.53. The summed E-state index contributed by atoms with van der Waals surface area (Å²) in [5.41, 5.74) is 4.10. The highest BCUT2D eigenvalue weighted by Crippen LogP contribution is 2.37. The molecule has 1 N–H and O–H groups in total. The third-order valence-electron chi connectivity index (χ3n) is 4.53. The van der Waals surface area contributed by atoms with Crippen LogP contribution in [0.15, 0.2) is 42.6 Å². The zero-order valence-electron chi connectivity index (χ0n) is 14.5. The highest BCUT2D eigenvalue weighted by molar-refractivity contribution is 5.93. The van der Waals surface area contributed by atoms with Crippen molar-refractivity contribution in [1.82, 2.24) is 10.3 Å². The van der Waals surface area contributed by atoms with Crippen molar-refractivity contribution in [2.24, 2.45) is 0 Å². The van der Waals surface area contributed by atoms with E-state index in [1.165, 1.54) is 11.3 Å². The molecule has 4 nitrogen and oxygen atoms in total. The number of nitrogens with zero attached hydrogens (tertiary/aromatic N) is 2. The standard InChI is InChI=1S/C20H25N3O/c1-3-4-7-11-22-20(24)18-14-17(10-12-21-18)23-15(2)13-16-8-5-6-9-19(16)23/h5-6,8-10,12,14-15H,3-4,7,11,13H2,1-2H3,(H,22,24). The van der Waals surface area contributed by atoms with Crippen LogP contribution in [-0.4, -0.2) is 23.5 Å². The van der Waals surface area contributed by atoms with Crippen molar-refractivity contribution < 1.29 is 4.79 Å². The van der Waals surface area contributed by atoms with E-state index in [0.29, 0.717) is 18.3 Å². The van der Waals surface area contributed by atoms with Crippen LogP contribution in [0, 0.1) is 0 Å². The summed E-state index contributed by atoms with van der Waals surface area (Å²) < 4.78 is 0. The molecule has 1 aliphatic rings. The molecule has 1 atom stereocenters. The fourth-order valence-corrected chi connectivity index (χ4v) is 3.32. The van der Waals surface area contributed by atoms with Gasteiger partial charge in [0.1, 0.15) is 5.69 Å². The molecular formula is C20H25N3O. The molecular weight excluding hydrogens is 298 g/mol. The van der Waals surface area contributed by atoms with Crippen molar-refractivity contribution in [3.05, 3.63) is 53.9 Å². The Morgan fingerprint density at radius 1 is 1.29 bits per heavy atom. The molecule has 0 aliphatic carbocycles. The van der Waals surface area contributed by atoms with Crippen LogP contribution >= 0.6 is 0 Å². The number of carbonyl (C=O) groups excluding carboxylic acids is 1. The number of aromatic nitrogens is 1. The van der Waals surface area contributed by atoms with Crippen LogP contribution in [0.3, 0.4) is 0 Å². The van der Waals surface area contributed by atoms with Gasteiger partial charge in [-0.3, -0.25) is 9.78 Å². The number of nitrogens with one attached hydrogen (secondary N) is 1. The topological polar surface area (TPSA) is 45.2 Å². The average molecular weight is 323 g/mol. The van der Waals surface area contributed by atoms with Crippen molar-refractivity contribution >= 4 is 17.3 Å². The van der Waals surface area contributed by atoms with E-state index in [4.69, 9.17) is 0 Å². The van der Waals surface area contributed by atoms with Gasteiger partial charge in [-0.2, -0.15) is 0 Å². The first-order chi connectivity index (χ1) is 11.7. The van der Waals surface area contributed by atoms with Gasteiger partial charge in [0.25, 0.3) is 5.91 Å².